The van der Waals surface area contributed by atoms with Crippen molar-refractivity contribution in [1.29, 1.82) is 0 Å². The Hall–Kier alpha value is -5.31. The molecule has 372 valence electrons. The summed E-state index contributed by atoms with van der Waals surface area (Å²) in [6, 6.07) is 21.9. The molecule has 1 fully saturated rings. The number of carbonyl (C=O) groups excluding carboxylic acids is 5. The van der Waals surface area contributed by atoms with Crippen LogP contribution in [0.3, 0.4) is 0 Å². The molecule has 3 aromatic rings. The Morgan fingerprint density at radius 2 is 1.35 bits per heavy atom. The van der Waals surface area contributed by atoms with E-state index in [0.717, 1.165) is 28.7 Å². The molecule has 14 heteroatoms. The van der Waals surface area contributed by atoms with Gasteiger partial charge in [-0.15, -0.1) is 0 Å². The number of likely N-dealkylation sites (tertiary alicyclic amines) is 1. The molecule has 1 saturated heterocycles. The molecule has 68 heavy (non-hydrogen) atoms. The first-order chi connectivity index (χ1) is 32.4. The van der Waals surface area contributed by atoms with Crippen LogP contribution >= 0.6 is 0 Å². The van der Waals surface area contributed by atoms with Gasteiger partial charge in [0.05, 0.1) is 48.8 Å². The summed E-state index contributed by atoms with van der Waals surface area (Å²) in [5.74, 6) is -2.84. The molecule has 0 spiro atoms. The first-order valence-corrected chi connectivity index (χ1v) is 24.4. The highest BCUT2D eigenvalue weighted by atomic mass is 16.6. The summed E-state index contributed by atoms with van der Waals surface area (Å²) < 4.78 is 18.0. The molecule has 0 bridgehead atoms. The molecule has 5 amide bonds. The van der Waals surface area contributed by atoms with Gasteiger partial charge in [0, 0.05) is 40.8 Å². The monoisotopic (exact) mass is 940 g/mol. The van der Waals surface area contributed by atoms with E-state index in [1.165, 1.54) is 12.0 Å². The number of benzene rings is 3. The predicted molar refractivity (Wildman–Crippen MR) is 263 cm³/mol. The second-order valence-electron chi connectivity index (χ2n) is 19.6. The van der Waals surface area contributed by atoms with Crippen molar-refractivity contribution < 1.29 is 43.3 Å². The van der Waals surface area contributed by atoms with Crippen LogP contribution in [0.5, 0.6) is 0 Å². The lowest BCUT2D eigenvalue weighted by Crippen LogP contribution is -2.60. The summed E-state index contributed by atoms with van der Waals surface area (Å²) in [4.78, 5) is 75.4. The Morgan fingerprint density at radius 1 is 0.765 bits per heavy atom. The first-order valence-electron chi connectivity index (χ1n) is 24.4. The van der Waals surface area contributed by atoms with Crippen molar-refractivity contribution in [3.05, 3.63) is 95.6 Å². The summed E-state index contributed by atoms with van der Waals surface area (Å²) in [5, 5.41) is 16.9. The number of nitrogens with zero attached hydrogens (tertiary/aromatic N) is 3. The molecule has 3 N–H and O–H groups in total. The third-order valence-electron chi connectivity index (χ3n) is 14.4. The maximum Gasteiger partial charge on any atom is 0.410 e. The van der Waals surface area contributed by atoms with Crippen molar-refractivity contribution in [2.24, 2.45) is 23.7 Å². The third-order valence-corrected chi connectivity index (χ3v) is 14.4. The number of methoxy groups -OCH3 is 2. The Morgan fingerprint density at radius 3 is 1.90 bits per heavy atom. The lowest BCUT2D eigenvalue weighted by Gasteiger charge is -2.41. The lowest BCUT2D eigenvalue weighted by atomic mass is 9.89. The zero-order valence-electron chi connectivity index (χ0n) is 42.3. The van der Waals surface area contributed by atoms with Crippen LogP contribution in [0.25, 0.3) is 11.1 Å². The Kier molecular flexibility index (Phi) is 19.2. The maximum atomic E-state index is 14.7. The summed E-state index contributed by atoms with van der Waals surface area (Å²) in [6.07, 6.45) is -0.862. The highest BCUT2D eigenvalue weighted by Gasteiger charge is 2.44. The van der Waals surface area contributed by atoms with Crippen molar-refractivity contribution >= 4 is 29.7 Å². The molecule has 14 nitrogen and oxygen atoms in total. The van der Waals surface area contributed by atoms with Gasteiger partial charge in [0.2, 0.25) is 23.6 Å². The number of rotatable bonds is 22. The van der Waals surface area contributed by atoms with Crippen LogP contribution in [0, 0.1) is 23.7 Å². The number of aliphatic hydroxyl groups is 1. The summed E-state index contributed by atoms with van der Waals surface area (Å²) in [6.45, 7) is 15.6. The minimum atomic E-state index is -0.959. The van der Waals surface area contributed by atoms with Gasteiger partial charge >= 0.3 is 6.09 Å². The molecule has 1 aliphatic carbocycles. The Bertz CT molecular complexity index is 2120. The van der Waals surface area contributed by atoms with Crippen molar-refractivity contribution in [3.8, 4) is 11.1 Å². The van der Waals surface area contributed by atoms with Gasteiger partial charge in [-0.1, -0.05) is 134 Å². The van der Waals surface area contributed by atoms with Crippen LogP contribution in [-0.4, -0.2) is 133 Å². The SMILES string of the molecule is CC[C@H](C)[C@@H]([C@@H](CC(=O)N1CCC[C@H]1[C@H](OC)[C@@H](C)C(=O)N[C@@H](C)[C@H](O)c1ccccc1)OC)N(C)C(=O)[C@@H](NC(=O)[C@H](C(C)C)N(C)C(=O)OCC1c2ccccc2-c2ccccc21)C(C)C. The van der Waals surface area contributed by atoms with Gasteiger partial charge in [-0.25, -0.2) is 4.79 Å². The van der Waals surface area contributed by atoms with Crippen molar-refractivity contribution in [1.82, 2.24) is 25.3 Å². The van der Waals surface area contributed by atoms with Crippen LogP contribution in [0.15, 0.2) is 78.9 Å². The number of aliphatic hydroxyl groups excluding tert-OH is 1. The molecule has 0 unspecified atom stereocenters. The Balaban J connectivity index is 1.25. The van der Waals surface area contributed by atoms with E-state index in [2.05, 4.69) is 34.9 Å². The average Bonchev–Trinajstić information content (AvgIpc) is 3.95. The standard InChI is InChI=1S/C54H77N5O9/c1-13-34(6)48(44(66-11)30-45(60)59-29-21-28-43(59)50(67-12)35(7)51(62)55-36(8)49(61)37-22-15-14-16-23-37)57(9)53(64)46(32(2)3)56-52(63)47(33(4)5)58(10)54(65)68-31-42-40-26-19-17-24-38(40)39-25-18-20-27-41(39)42/h14-20,22-27,32-36,42-44,46-50,61H,13,21,28-31H2,1-12H3,(H,55,62)(H,56,63)/t34-,35+,36-,43-,44+,46-,47-,48-,49-,50+/m0/s1. The topological polar surface area (TPSA) is 167 Å². The molecular formula is C54H77N5O9. The fraction of sp³-hybridized carbons (Fsp3) is 0.574. The van der Waals surface area contributed by atoms with E-state index in [1.54, 1.807) is 44.9 Å². The van der Waals surface area contributed by atoms with E-state index in [4.69, 9.17) is 14.2 Å². The van der Waals surface area contributed by atoms with Gasteiger partial charge in [0.25, 0.3) is 0 Å². The second kappa shape index (κ2) is 24.3. The van der Waals surface area contributed by atoms with E-state index in [9.17, 15) is 29.1 Å². The maximum absolute atomic E-state index is 14.7. The number of carbonyl (C=O) groups is 5. The highest BCUT2D eigenvalue weighted by molar-refractivity contribution is 5.92. The van der Waals surface area contributed by atoms with Gasteiger partial charge in [-0.2, -0.15) is 0 Å². The smallest absolute Gasteiger partial charge is 0.410 e. The largest absolute Gasteiger partial charge is 0.448 e. The van der Waals surface area contributed by atoms with Gasteiger partial charge in [0.15, 0.2) is 0 Å². The number of likely N-dealkylation sites (N-methyl/N-ethyl adjacent to an activating group) is 2. The first kappa shape index (κ1) is 53.6. The molecule has 3 aromatic carbocycles. The van der Waals surface area contributed by atoms with E-state index in [-0.39, 0.29) is 60.5 Å². The summed E-state index contributed by atoms with van der Waals surface area (Å²) in [7, 11) is 6.32. The van der Waals surface area contributed by atoms with Gasteiger partial charge in [-0.05, 0) is 65.3 Å². The number of ether oxygens (including phenoxy) is 3. The zero-order valence-corrected chi connectivity index (χ0v) is 42.3. The number of amides is 5. The second-order valence-corrected chi connectivity index (χ2v) is 19.6. The van der Waals surface area contributed by atoms with E-state index in [0.29, 0.717) is 24.9 Å². The van der Waals surface area contributed by atoms with E-state index >= 15 is 0 Å². The molecule has 1 heterocycles. The van der Waals surface area contributed by atoms with E-state index in [1.807, 2.05) is 96.1 Å². The van der Waals surface area contributed by atoms with Crippen LogP contribution in [0.4, 0.5) is 4.79 Å². The normalized spacial score (nSPS) is 18.6. The zero-order chi connectivity index (χ0) is 50.0. The number of hydrogen-bond acceptors (Lipinski definition) is 9. The molecule has 2 aliphatic rings. The van der Waals surface area contributed by atoms with Gasteiger partial charge < -0.3 is 39.8 Å². The van der Waals surface area contributed by atoms with Gasteiger partial charge in [-0.3, -0.25) is 24.1 Å². The van der Waals surface area contributed by atoms with Crippen molar-refractivity contribution in [3.63, 3.8) is 0 Å². The predicted octanol–water partition coefficient (Wildman–Crippen LogP) is 7.19. The van der Waals surface area contributed by atoms with Crippen LogP contribution in [0.2, 0.25) is 0 Å². The highest BCUT2D eigenvalue weighted by Crippen LogP contribution is 2.44. The number of nitrogens with one attached hydrogen (secondary N) is 2. The summed E-state index contributed by atoms with van der Waals surface area (Å²) >= 11 is 0. The average molecular weight is 940 g/mol. The lowest BCUT2D eigenvalue weighted by molar-refractivity contribution is -0.148. The third kappa shape index (κ3) is 12.1. The minimum Gasteiger partial charge on any atom is -0.448 e. The van der Waals surface area contributed by atoms with Gasteiger partial charge in [0.1, 0.15) is 18.7 Å². The Labute approximate surface area is 404 Å². The van der Waals surface area contributed by atoms with Crippen LogP contribution in [-0.2, 0) is 33.4 Å². The fourth-order valence-corrected chi connectivity index (χ4v) is 10.4. The molecule has 1 aliphatic heterocycles. The van der Waals surface area contributed by atoms with E-state index < -0.39 is 60.4 Å². The quantitative estimate of drug-likeness (QED) is 0.0945. The molecule has 5 rings (SSSR count). The molecule has 10 atom stereocenters. The van der Waals surface area contributed by atoms with Crippen LogP contribution in [0.1, 0.15) is 110 Å². The molecule has 0 saturated carbocycles. The molecule has 0 radical (unpaired) electrons. The molecule has 0 aromatic heterocycles. The number of hydrogen-bond donors (Lipinski definition) is 3. The number of fused-ring (bicyclic) bond motifs is 3. The summed E-state index contributed by atoms with van der Waals surface area (Å²) in [5.41, 5.74) is 5.09. The van der Waals surface area contributed by atoms with Crippen molar-refractivity contribution in [2.45, 2.75) is 136 Å². The van der Waals surface area contributed by atoms with Crippen molar-refractivity contribution in [2.75, 3.05) is 41.5 Å². The molecular weight excluding hydrogens is 863 g/mol. The fourth-order valence-electron chi connectivity index (χ4n) is 10.4. The minimum absolute atomic E-state index is 0.0317. The van der Waals surface area contributed by atoms with Crippen LogP contribution < -0.4 is 10.6 Å².